The van der Waals surface area contributed by atoms with Crippen LogP contribution in [0.15, 0.2) is 0 Å². The SMILES string of the molecule is CCCCCCCCCCCCCCCCCO[C@@H]1CO[C@@H](CO)[C@H](O)[C@H]1O. The van der Waals surface area contributed by atoms with Crippen LogP contribution in [0.3, 0.4) is 0 Å². The summed E-state index contributed by atoms with van der Waals surface area (Å²) in [6.07, 6.45) is 16.7. The third-order valence-electron chi connectivity index (χ3n) is 5.85. The van der Waals surface area contributed by atoms with Gasteiger partial charge in [0.1, 0.15) is 24.4 Å². The Morgan fingerprint density at radius 2 is 1.18 bits per heavy atom. The van der Waals surface area contributed by atoms with Crippen molar-refractivity contribution in [2.24, 2.45) is 0 Å². The van der Waals surface area contributed by atoms with Gasteiger partial charge in [0.15, 0.2) is 0 Å². The topological polar surface area (TPSA) is 79.2 Å². The van der Waals surface area contributed by atoms with Crippen LogP contribution in [0.1, 0.15) is 103 Å². The van der Waals surface area contributed by atoms with Gasteiger partial charge >= 0.3 is 0 Å². The largest absolute Gasteiger partial charge is 0.394 e. The molecule has 1 saturated heterocycles. The molecule has 0 spiro atoms. The Labute approximate surface area is 172 Å². The normalized spacial score (nSPS) is 25.3. The highest BCUT2D eigenvalue weighted by molar-refractivity contribution is 4.87. The fourth-order valence-corrected chi connectivity index (χ4v) is 3.87. The number of hydrogen-bond donors (Lipinski definition) is 3. The van der Waals surface area contributed by atoms with E-state index in [2.05, 4.69) is 6.92 Å². The highest BCUT2D eigenvalue weighted by Crippen LogP contribution is 2.18. The van der Waals surface area contributed by atoms with E-state index in [1.807, 2.05) is 0 Å². The molecule has 28 heavy (non-hydrogen) atoms. The molecule has 5 nitrogen and oxygen atoms in total. The van der Waals surface area contributed by atoms with Crippen molar-refractivity contribution in [2.45, 2.75) is 128 Å². The summed E-state index contributed by atoms with van der Waals surface area (Å²) in [4.78, 5) is 0. The molecular weight excluding hydrogens is 356 g/mol. The summed E-state index contributed by atoms with van der Waals surface area (Å²) >= 11 is 0. The van der Waals surface area contributed by atoms with Crippen LogP contribution < -0.4 is 0 Å². The monoisotopic (exact) mass is 402 g/mol. The zero-order valence-electron chi connectivity index (χ0n) is 18.2. The highest BCUT2D eigenvalue weighted by Gasteiger charge is 2.38. The molecule has 0 radical (unpaired) electrons. The first-order chi connectivity index (χ1) is 13.7. The minimum absolute atomic E-state index is 0.224. The van der Waals surface area contributed by atoms with E-state index >= 15 is 0 Å². The molecule has 1 fully saturated rings. The van der Waals surface area contributed by atoms with Crippen LogP contribution in [-0.2, 0) is 9.47 Å². The summed E-state index contributed by atoms with van der Waals surface area (Å²) in [5.74, 6) is 0. The fourth-order valence-electron chi connectivity index (χ4n) is 3.87. The molecule has 0 aromatic rings. The molecule has 5 heteroatoms. The molecule has 4 atom stereocenters. The lowest BCUT2D eigenvalue weighted by Crippen LogP contribution is -2.55. The van der Waals surface area contributed by atoms with Crippen LogP contribution in [0.2, 0.25) is 0 Å². The second kappa shape index (κ2) is 17.6. The predicted octanol–water partition coefficient (Wildman–Crippen LogP) is 4.36. The Hall–Kier alpha value is -0.200. The fraction of sp³-hybridized carbons (Fsp3) is 1.00. The number of aliphatic hydroxyl groups is 3. The van der Waals surface area contributed by atoms with E-state index in [0.717, 1.165) is 12.8 Å². The molecule has 3 N–H and O–H groups in total. The molecular formula is C23H46O5. The van der Waals surface area contributed by atoms with Gasteiger partial charge in [-0.25, -0.2) is 0 Å². The van der Waals surface area contributed by atoms with Crippen LogP contribution >= 0.6 is 0 Å². The summed E-state index contributed by atoms with van der Waals surface area (Å²) in [5, 5.41) is 28.9. The van der Waals surface area contributed by atoms with Gasteiger partial charge in [0, 0.05) is 6.61 Å². The smallest absolute Gasteiger partial charge is 0.111 e. The first-order valence-corrected chi connectivity index (χ1v) is 11.9. The summed E-state index contributed by atoms with van der Waals surface area (Å²) in [7, 11) is 0. The summed E-state index contributed by atoms with van der Waals surface area (Å²) in [6.45, 7) is 2.79. The second-order valence-corrected chi connectivity index (χ2v) is 8.39. The highest BCUT2D eigenvalue weighted by atomic mass is 16.6. The Bertz CT molecular complexity index is 339. The lowest BCUT2D eigenvalue weighted by molar-refractivity contribution is -0.208. The third-order valence-corrected chi connectivity index (χ3v) is 5.85. The maximum Gasteiger partial charge on any atom is 0.111 e. The van der Waals surface area contributed by atoms with Gasteiger partial charge in [0.05, 0.1) is 13.2 Å². The Balaban J connectivity index is 1.81. The number of hydrogen-bond acceptors (Lipinski definition) is 5. The maximum atomic E-state index is 10.00. The molecule has 1 aliphatic rings. The second-order valence-electron chi connectivity index (χ2n) is 8.39. The van der Waals surface area contributed by atoms with Gasteiger partial charge in [-0.1, -0.05) is 96.8 Å². The van der Waals surface area contributed by atoms with Gasteiger partial charge in [-0.3, -0.25) is 0 Å². The summed E-state index contributed by atoms with van der Waals surface area (Å²) in [5.41, 5.74) is 0. The Morgan fingerprint density at radius 3 is 1.64 bits per heavy atom. The van der Waals surface area contributed by atoms with E-state index in [0.29, 0.717) is 6.61 Å². The molecule has 0 aromatic carbocycles. The van der Waals surface area contributed by atoms with Crippen molar-refractivity contribution < 1.29 is 24.8 Å². The molecule has 0 aromatic heterocycles. The number of unbranched alkanes of at least 4 members (excludes halogenated alkanes) is 14. The Morgan fingerprint density at radius 1 is 0.714 bits per heavy atom. The van der Waals surface area contributed by atoms with Crippen molar-refractivity contribution in [1.82, 2.24) is 0 Å². The molecule has 0 unspecified atom stereocenters. The quantitative estimate of drug-likeness (QED) is 0.297. The van der Waals surface area contributed by atoms with Gasteiger partial charge in [-0.05, 0) is 6.42 Å². The molecule has 1 rings (SSSR count). The van der Waals surface area contributed by atoms with Crippen molar-refractivity contribution in [2.75, 3.05) is 19.8 Å². The lowest BCUT2D eigenvalue weighted by atomic mass is 10.0. The van der Waals surface area contributed by atoms with Crippen molar-refractivity contribution >= 4 is 0 Å². The minimum Gasteiger partial charge on any atom is -0.394 e. The number of ether oxygens (including phenoxy) is 2. The van der Waals surface area contributed by atoms with Crippen LogP contribution in [-0.4, -0.2) is 59.6 Å². The molecule has 0 bridgehead atoms. The van der Waals surface area contributed by atoms with Crippen LogP contribution in [0.4, 0.5) is 0 Å². The van der Waals surface area contributed by atoms with E-state index in [9.17, 15) is 10.2 Å². The van der Waals surface area contributed by atoms with Crippen LogP contribution in [0.5, 0.6) is 0 Å². The summed E-state index contributed by atoms with van der Waals surface area (Å²) < 4.78 is 11.0. The zero-order valence-corrected chi connectivity index (χ0v) is 18.2. The lowest BCUT2D eigenvalue weighted by Gasteiger charge is -2.36. The maximum absolute atomic E-state index is 10.00. The average molecular weight is 403 g/mol. The minimum atomic E-state index is -1.08. The number of rotatable bonds is 18. The standard InChI is InChI=1S/C23H46O5/c1-2-3-4-5-6-7-8-9-10-11-12-13-14-15-16-17-27-21-19-28-20(18-24)22(25)23(21)26/h20-26H,2-19H2,1H3/t20-,21+,22-,23-/m0/s1. The average Bonchev–Trinajstić information content (AvgIpc) is 2.70. The van der Waals surface area contributed by atoms with Crippen molar-refractivity contribution in [3.05, 3.63) is 0 Å². The van der Waals surface area contributed by atoms with E-state index < -0.39 is 24.4 Å². The van der Waals surface area contributed by atoms with Crippen LogP contribution in [0, 0.1) is 0 Å². The van der Waals surface area contributed by atoms with Crippen molar-refractivity contribution in [3.8, 4) is 0 Å². The third kappa shape index (κ3) is 11.7. The van der Waals surface area contributed by atoms with Gasteiger partial charge in [0.25, 0.3) is 0 Å². The first kappa shape index (κ1) is 25.8. The summed E-state index contributed by atoms with van der Waals surface area (Å²) in [6, 6.07) is 0. The molecule has 0 amide bonds. The van der Waals surface area contributed by atoms with Gasteiger partial charge < -0.3 is 24.8 Å². The molecule has 0 aliphatic carbocycles. The van der Waals surface area contributed by atoms with Gasteiger partial charge in [-0.2, -0.15) is 0 Å². The van der Waals surface area contributed by atoms with Crippen molar-refractivity contribution in [3.63, 3.8) is 0 Å². The molecule has 0 saturated carbocycles. The predicted molar refractivity (Wildman–Crippen MR) is 114 cm³/mol. The van der Waals surface area contributed by atoms with Crippen LogP contribution in [0.25, 0.3) is 0 Å². The van der Waals surface area contributed by atoms with E-state index in [4.69, 9.17) is 14.6 Å². The van der Waals surface area contributed by atoms with Gasteiger partial charge in [0.2, 0.25) is 0 Å². The van der Waals surface area contributed by atoms with Gasteiger partial charge in [-0.15, -0.1) is 0 Å². The molecule has 1 heterocycles. The van der Waals surface area contributed by atoms with Crippen molar-refractivity contribution in [1.29, 1.82) is 0 Å². The van der Waals surface area contributed by atoms with E-state index in [-0.39, 0.29) is 13.2 Å². The van der Waals surface area contributed by atoms with E-state index in [1.165, 1.54) is 83.5 Å². The number of aliphatic hydroxyl groups excluding tert-OH is 3. The molecule has 1 aliphatic heterocycles. The zero-order chi connectivity index (χ0) is 20.5. The molecule has 168 valence electrons. The van der Waals surface area contributed by atoms with E-state index in [1.54, 1.807) is 0 Å². The Kier molecular flexibility index (Phi) is 16.3. The first-order valence-electron chi connectivity index (χ1n) is 11.9.